The Labute approximate surface area is 157 Å². The van der Waals surface area contributed by atoms with Gasteiger partial charge in [-0.3, -0.25) is 4.98 Å². The van der Waals surface area contributed by atoms with E-state index < -0.39 is 5.82 Å². The van der Waals surface area contributed by atoms with Gasteiger partial charge in [0.1, 0.15) is 5.69 Å². The summed E-state index contributed by atoms with van der Waals surface area (Å²) in [6, 6.07) is 13.0. The van der Waals surface area contributed by atoms with E-state index in [1.54, 1.807) is 12.3 Å². The Balaban J connectivity index is 0.00000243. The number of rotatable bonds is 7. The molecule has 0 aliphatic rings. The van der Waals surface area contributed by atoms with E-state index in [1.165, 1.54) is 6.07 Å². The molecule has 0 aliphatic carbocycles. The maximum absolute atomic E-state index is 13.4. The Morgan fingerprint density at radius 2 is 1.96 bits per heavy atom. The van der Waals surface area contributed by atoms with Crippen LogP contribution in [0.25, 0.3) is 10.9 Å². The largest absolute Gasteiger partial charge is 0.411 e. The molecule has 0 aliphatic heterocycles. The minimum atomic E-state index is -0.493. The number of pyridine rings is 2. The molecule has 5 nitrogen and oxygen atoms in total. The number of halogens is 2. The summed E-state index contributed by atoms with van der Waals surface area (Å²) in [6.45, 7) is 0.833. The van der Waals surface area contributed by atoms with Crippen molar-refractivity contribution in [3.05, 3.63) is 65.9 Å². The number of aryl methyl sites for hydroxylation is 1. The Bertz CT molecular complexity index is 883. The number of unbranched alkanes of at least 4 members (excludes halogenated alkanes) is 1. The molecular formula is C19H20ClFN4O. The van der Waals surface area contributed by atoms with Gasteiger partial charge in [-0.25, -0.2) is 9.37 Å². The fraction of sp³-hybridized carbons (Fsp3) is 0.211. The van der Waals surface area contributed by atoms with E-state index >= 15 is 0 Å². The predicted molar refractivity (Wildman–Crippen MR) is 104 cm³/mol. The standard InChI is InChI=1S/C19H19FN4O.ClH/c20-16-9-8-14(24-19(16)13-23-25)5-3-4-11-21-18-10-12-22-17-7-2-1-6-15(17)18;/h1-2,6-10,12-13,25H,3-5,11H2,(H,21,22);1H. The molecule has 7 heteroatoms. The fourth-order valence-corrected chi connectivity index (χ4v) is 2.69. The molecule has 0 saturated heterocycles. The summed E-state index contributed by atoms with van der Waals surface area (Å²) in [6.07, 6.45) is 5.43. The van der Waals surface area contributed by atoms with Crippen molar-refractivity contribution in [1.82, 2.24) is 9.97 Å². The van der Waals surface area contributed by atoms with Crippen LogP contribution in [0.3, 0.4) is 0 Å². The number of nitrogens with zero attached hydrogens (tertiary/aromatic N) is 3. The number of nitrogens with one attached hydrogen (secondary N) is 1. The molecule has 3 aromatic rings. The van der Waals surface area contributed by atoms with Gasteiger partial charge in [0, 0.05) is 29.5 Å². The topological polar surface area (TPSA) is 70.4 Å². The van der Waals surface area contributed by atoms with Crippen LogP contribution in [0.15, 0.2) is 53.8 Å². The molecule has 0 radical (unpaired) electrons. The van der Waals surface area contributed by atoms with Gasteiger partial charge in [-0.05, 0) is 43.5 Å². The number of aromatic nitrogens is 2. The maximum atomic E-state index is 13.4. The van der Waals surface area contributed by atoms with Crippen molar-refractivity contribution in [3.63, 3.8) is 0 Å². The van der Waals surface area contributed by atoms with Crippen molar-refractivity contribution in [2.24, 2.45) is 5.16 Å². The van der Waals surface area contributed by atoms with Crippen LogP contribution in [0.4, 0.5) is 10.1 Å². The molecular weight excluding hydrogens is 355 g/mol. The summed E-state index contributed by atoms with van der Waals surface area (Å²) >= 11 is 0. The van der Waals surface area contributed by atoms with Crippen LogP contribution in [0.1, 0.15) is 24.2 Å². The van der Waals surface area contributed by atoms with Crippen molar-refractivity contribution in [3.8, 4) is 0 Å². The lowest BCUT2D eigenvalue weighted by Crippen LogP contribution is -2.04. The van der Waals surface area contributed by atoms with E-state index in [0.29, 0.717) is 0 Å². The van der Waals surface area contributed by atoms with Gasteiger partial charge in [-0.1, -0.05) is 23.4 Å². The summed E-state index contributed by atoms with van der Waals surface area (Å²) in [5.74, 6) is -0.493. The van der Waals surface area contributed by atoms with Crippen molar-refractivity contribution >= 4 is 35.2 Å². The zero-order valence-corrected chi connectivity index (χ0v) is 14.9. The number of oxime groups is 1. The van der Waals surface area contributed by atoms with Crippen LogP contribution in [0.2, 0.25) is 0 Å². The van der Waals surface area contributed by atoms with E-state index in [1.807, 2.05) is 24.3 Å². The first-order chi connectivity index (χ1) is 12.3. The van der Waals surface area contributed by atoms with Crippen molar-refractivity contribution in [2.75, 3.05) is 11.9 Å². The second kappa shape index (κ2) is 9.68. The highest BCUT2D eigenvalue weighted by molar-refractivity contribution is 5.90. The number of fused-ring (bicyclic) bond motifs is 1. The lowest BCUT2D eigenvalue weighted by atomic mass is 10.1. The first kappa shape index (κ1) is 19.6. The highest BCUT2D eigenvalue weighted by Crippen LogP contribution is 2.20. The van der Waals surface area contributed by atoms with Gasteiger partial charge in [0.25, 0.3) is 0 Å². The van der Waals surface area contributed by atoms with Crippen molar-refractivity contribution in [2.45, 2.75) is 19.3 Å². The Morgan fingerprint density at radius 3 is 2.81 bits per heavy atom. The average Bonchev–Trinajstić information content (AvgIpc) is 2.64. The average molecular weight is 375 g/mol. The first-order valence-corrected chi connectivity index (χ1v) is 8.18. The molecule has 2 heterocycles. The van der Waals surface area contributed by atoms with Gasteiger partial charge < -0.3 is 10.5 Å². The number of hydrogen-bond donors (Lipinski definition) is 2. The summed E-state index contributed by atoms with van der Waals surface area (Å²) in [5, 5.41) is 15.9. The minimum Gasteiger partial charge on any atom is -0.411 e. The van der Waals surface area contributed by atoms with Crippen LogP contribution >= 0.6 is 12.4 Å². The monoisotopic (exact) mass is 374 g/mol. The first-order valence-electron chi connectivity index (χ1n) is 8.18. The van der Waals surface area contributed by atoms with Gasteiger partial charge in [0.05, 0.1) is 11.7 Å². The smallest absolute Gasteiger partial charge is 0.150 e. The fourth-order valence-electron chi connectivity index (χ4n) is 2.69. The molecule has 136 valence electrons. The summed E-state index contributed by atoms with van der Waals surface area (Å²) in [7, 11) is 0. The van der Waals surface area contributed by atoms with Crippen molar-refractivity contribution < 1.29 is 9.60 Å². The van der Waals surface area contributed by atoms with Gasteiger partial charge in [0.2, 0.25) is 0 Å². The molecule has 1 aromatic carbocycles. The van der Waals surface area contributed by atoms with E-state index in [4.69, 9.17) is 5.21 Å². The summed E-state index contributed by atoms with van der Waals surface area (Å²) < 4.78 is 13.4. The Morgan fingerprint density at radius 1 is 1.12 bits per heavy atom. The molecule has 0 unspecified atom stereocenters. The van der Waals surface area contributed by atoms with Gasteiger partial charge in [-0.15, -0.1) is 12.4 Å². The lowest BCUT2D eigenvalue weighted by molar-refractivity contribution is 0.321. The molecule has 2 N–H and O–H groups in total. The van der Waals surface area contributed by atoms with Crippen molar-refractivity contribution in [1.29, 1.82) is 0 Å². The summed E-state index contributed by atoms with van der Waals surface area (Å²) in [5.41, 5.74) is 2.89. The highest BCUT2D eigenvalue weighted by Gasteiger charge is 2.04. The second-order valence-corrected chi connectivity index (χ2v) is 5.67. The number of hydrogen-bond acceptors (Lipinski definition) is 5. The zero-order valence-electron chi connectivity index (χ0n) is 14.1. The van der Waals surface area contributed by atoms with Crippen LogP contribution in [0.5, 0.6) is 0 Å². The third-order valence-electron chi connectivity index (χ3n) is 3.94. The maximum Gasteiger partial charge on any atom is 0.150 e. The second-order valence-electron chi connectivity index (χ2n) is 5.67. The molecule has 0 bridgehead atoms. The predicted octanol–water partition coefficient (Wildman–Crippen LogP) is 4.43. The number of benzene rings is 1. The molecule has 0 saturated carbocycles. The summed E-state index contributed by atoms with van der Waals surface area (Å²) in [4.78, 5) is 8.49. The SMILES string of the molecule is Cl.ON=Cc1nc(CCCCNc2ccnc3ccccc23)ccc1F. The van der Waals surface area contributed by atoms with Gasteiger partial charge >= 0.3 is 0 Å². The number of para-hydroxylation sites is 1. The third-order valence-corrected chi connectivity index (χ3v) is 3.94. The molecule has 0 fully saturated rings. The molecule has 0 spiro atoms. The van der Waals surface area contributed by atoms with E-state index in [0.717, 1.165) is 54.3 Å². The van der Waals surface area contributed by atoms with E-state index in [-0.39, 0.29) is 18.1 Å². The Kier molecular flexibility index (Phi) is 7.29. The van der Waals surface area contributed by atoms with Gasteiger partial charge in [-0.2, -0.15) is 0 Å². The lowest BCUT2D eigenvalue weighted by Gasteiger charge is -2.09. The van der Waals surface area contributed by atoms with Crippen LogP contribution in [-0.2, 0) is 6.42 Å². The highest BCUT2D eigenvalue weighted by atomic mass is 35.5. The molecule has 3 rings (SSSR count). The molecule has 0 atom stereocenters. The van der Waals surface area contributed by atoms with Gasteiger partial charge in [0.15, 0.2) is 5.82 Å². The Hall–Kier alpha value is -2.73. The molecule has 26 heavy (non-hydrogen) atoms. The van der Waals surface area contributed by atoms with Crippen LogP contribution in [-0.4, -0.2) is 27.9 Å². The molecule has 2 aromatic heterocycles. The quantitative estimate of drug-likeness (QED) is 0.278. The zero-order chi connectivity index (χ0) is 17.5. The normalized spacial score (nSPS) is 10.8. The minimum absolute atomic E-state index is 0. The molecule has 0 amide bonds. The van der Waals surface area contributed by atoms with Crippen LogP contribution < -0.4 is 5.32 Å². The van der Waals surface area contributed by atoms with Crippen LogP contribution in [0, 0.1) is 5.82 Å². The number of anilines is 1. The van der Waals surface area contributed by atoms with E-state index in [2.05, 4.69) is 26.5 Å². The third kappa shape index (κ3) is 4.89. The van der Waals surface area contributed by atoms with E-state index in [9.17, 15) is 4.39 Å².